The predicted molar refractivity (Wildman–Crippen MR) is 49.8 cm³/mol. The number of nitrogens with one attached hydrogen (secondary N) is 1. The van der Waals surface area contributed by atoms with Crippen molar-refractivity contribution in [2.45, 2.75) is 44.6 Å². The summed E-state index contributed by atoms with van der Waals surface area (Å²) in [5, 5.41) is 2.95. The lowest BCUT2D eigenvalue weighted by molar-refractivity contribution is -0.117. The first-order valence-electron chi connectivity index (χ1n) is 4.76. The van der Waals surface area contributed by atoms with Gasteiger partial charge in [0.05, 0.1) is 0 Å². The van der Waals surface area contributed by atoms with Gasteiger partial charge in [0.15, 0.2) is 0 Å². The third kappa shape index (κ3) is 3.07. The van der Waals surface area contributed by atoms with Crippen LogP contribution in [0.3, 0.4) is 0 Å². The highest BCUT2D eigenvalue weighted by Crippen LogP contribution is 2.16. The molecule has 0 unspecified atom stereocenters. The van der Waals surface area contributed by atoms with E-state index in [2.05, 4.69) is 11.9 Å². The van der Waals surface area contributed by atoms with E-state index in [-0.39, 0.29) is 5.91 Å². The van der Waals surface area contributed by atoms with Crippen molar-refractivity contribution >= 4 is 5.91 Å². The summed E-state index contributed by atoms with van der Waals surface area (Å²) in [6.07, 6.45) is 8.77. The summed E-state index contributed by atoms with van der Waals surface area (Å²) in [7, 11) is 0. The van der Waals surface area contributed by atoms with E-state index in [1.807, 2.05) is 0 Å². The number of hydrogen-bond donors (Lipinski definition) is 1. The lowest BCUT2D eigenvalue weighted by Gasteiger charge is -2.14. The molecule has 1 aliphatic carbocycles. The summed E-state index contributed by atoms with van der Waals surface area (Å²) in [4.78, 5) is 11.0. The maximum atomic E-state index is 11.0. The molecule has 0 aromatic rings. The molecule has 12 heavy (non-hydrogen) atoms. The van der Waals surface area contributed by atoms with E-state index < -0.39 is 0 Å². The molecular weight excluding hydrogens is 150 g/mol. The average Bonchev–Trinajstić information content (AvgIpc) is 2.33. The van der Waals surface area contributed by atoms with Gasteiger partial charge in [-0.25, -0.2) is 0 Å². The van der Waals surface area contributed by atoms with Crippen molar-refractivity contribution in [2.75, 3.05) is 0 Å². The van der Waals surface area contributed by atoms with E-state index in [0.717, 1.165) is 12.8 Å². The Hall–Kier alpha value is -0.790. The molecule has 0 aromatic carbocycles. The molecule has 0 aliphatic heterocycles. The second-order valence-electron chi connectivity index (χ2n) is 3.40. The van der Waals surface area contributed by atoms with Crippen LogP contribution in [0.2, 0.25) is 0 Å². The van der Waals surface area contributed by atoms with Crippen LogP contribution in [0.5, 0.6) is 0 Å². The minimum atomic E-state index is -0.0260. The normalized spacial score (nSPS) is 19.7. The maximum absolute atomic E-state index is 11.0. The number of hydrogen-bond acceptors (Lipinski definition) is 1. The second kappa shape index (κ2) is 4.96. The van der Waals surface area contributed by atoms with Crippen LogP contribution in [0.1, 0.15) is 38.5 Å². The monoisotopic (exact) mass is 167 g/mol. The van der Waals surface area contributed by atoms with Crippen LogP contribution >= 0.6 is 0 Å². The molecule has 1 amide bonds. The van der Waals surface area contributed by atoms with Gasteiger partial charge in [-0.1, -0.05) is 32.3 Å². The van der Waals surface area contributed by atoms with Crippen LogP contribution in [0.25, 0.3) is 0 Å². The first kappa shape index (κ1) is 9.30. The van der Waals surface area contributed by atoms with E-state index in [9.17, 15) is 4.79 Å². The van der Waals surface area contributed by atoms with Crippen LogP contribution in [0.15, 0.2) is 12.7 Å². The molecule has 1 saturated carbocycles. The largest absolute Gasteiger partial charge is 0.350 e. The topological polar surface area (TPSA) is 29.1 Å². The fraction of sp³-hybridized carbons (Fsp3) is 0.700. The van der Waals surface area contributed by atoms with Gasteiger partial charge in [0.1, 0.15) is 0 Å². The van der Waals surface area contributed by atoms with Crippen LogP contribution in [0.4, 0.5) is 0 Å². The van der Waals surface area contributed by atoms with Gasteiger partial charge >= 0.3 is 0 Å². The van der Waals surface area contributed by atoms with Gasteiger partial charge < -0.3 is 5.32 Å². The summed E-state index contributed by atoms with van der Waals surface area (Å²) < 4.78 is 0. The van der Waals surface area contributed by atoms with Crippen LogP contribution < -0.4 is 5.32 Å². The van der Waals surface area contributed by atoms with Crippen molar-refractivity contribution in [1.29, 1.82) is 0 Å². The standard InChI is InChI=1S/C10H17NO/c1-2-10(12)11-9-7-5-3-4-6-8-9/h2,9H,1,3-8H2,(H,11,12). The Labute approximate surface area is 74.0 Å². The molecule has 1 N–H and O–H groups in total. The molecule has 0 aromatic heterocycles. The Morgan fingerprint density at radius 1 is 1.25 bits per heavy atom. The minimum Gasteiger partial charge on any atom is -0.350 e. The first-order chi connectivity index (χ1) is 5.83. The quantitative estimate of drug-likeness (QED) is 0.494. The van der Waals surface area contributed by atoms with Crippen molar-refractivity contribution in [2.24, 2.45) is 0 Å². The third-order valence-electron chi connectivity index (χ3n) is 2.39. The van der Waals surface area contributed by atoms with Crippen molar-refractivity contribution in [3.05, 3.63) is 12.7 Å². The van der Waals surface area contributed by atoms with Gasteiger partial charge in [0.25, 0.3) is 0 Å². The summed E-state index contributed by atoms with van der Waals surface area (Å²) in [6, 6.07) is 0.401. The van der Waals surface area contributed by atoms with Crippen molar-refractivity contribution < 1.29 is 4.79 Å². The Morgan fingerprint density at radius 3 is 2.33 bits per heavy atom. The SMILES string of the molecule is C=CC(=O)NC1CCCCCC1. The summed E-state index contributed by atoms with van der Waals surface area (Å²) in [6.45, 7) is 3.44. The van der Waals surface area contributed by atoms with Crippen molar-refractivity contribution in [3.63, 3.8) is 0 Å². The number of carbonyl (C=O) groups is 1. The Kier molecular flexibility index (Phi) is 3.85. The fourth-order valence-corrected chi connectivity index (χ4v) is 1.68. The van der Waals surface area contributed by atoms with E-state index in [4.69, 9.17) is 0 Å². The summed E-state index contributed by atoms with van der Waals surface area (Å²) in [5.74, 6) is -0.0260. The number of carbonyl (C=O) groups excluding carboxylic acids is 1. The molecule has 0 bridgehead atoms. The van der Waals surface area contributed by atoms with Crippen molar-refractivity contribution in [3.8, 4) is 0 Å². The molecular formula is C10H17NO. The van der Waals surface area contributed by atoms with Gasteiger partial charge in [0, 0.05) is 6.04 Å². The highest BCUT2D eigenvalue weighted by Gasteiger charge is 2.12. The zero-order valence-corrected chi connectivity index (χ0v) is 7.51. The Morgan fingerprint density at radius 2 is 1.83 bits per heavy atom. The Balaban J connectivity index is 2.29. The third-order valence-corrected chi connectivity index (χ3v) is 2.39. The van der Waals surface area contributed by atoms with Gasteiger partial charge in [-0.15, -0.1) is 0 Å². The summed E-state index contributed by atoms with van der Waals surface area (Å²) in [5.41, 5.74) is 0. The van der Waals surface area contributed by atoms with Crippen LogP contribution in [0, 0.1) is 0 Å². The molecule has 2 nitrogen and oxygen atoms in total. The molecule has 0 atom stereocenters. The predicted octanol–water partition coefficient (Wildman–Crippen LogP) is 2.01. The molecule has 2 heteroatoms. The molecule has 1 aliphatic rings. The number of amides is 1. The zero-order valence-electron chi connectivity index (χ0n) is 7.51. The smallest absolute Gasteiger partial charge is 0.243 e. The van der Waals surface area contributed by atoms with E-state index >= 15 is 0 Å². The Bertz CT molecular complexity index is 157. The van der Waals surface area contributed by atoms with Crippen LogP contribution in [-0.4, -0.2) is 11.9 Å². The van der Waals surface area contributed by atoms with Gasteiger partial charge in [-0.05, 0) is 18.9 Å². The number of rotatable bonds is 2. The molecule has 68 valence electrons. The molecule has 0 radical (unpaired) electrons. The van der Waals surface area contributed by atoms with E-state index in [1.54, 1.807) is 0 Å². The van der Waals surface area contributed by atoms with Crippen molar-refractivity contribution in [1.82, 2.24) is 5.32 Å². The lowest BCUT2D eigenvalue weighted by Crippen LogP contribution is -2.32. The average molecular weight is 167 g/mol. The molecule has 0 heterocycles. The van der Waals surface area contributed by atoms with E-state index in [1.165, 1.54) is 31.8 Å². The lowest BCUT2D eigenvalue weighted by atomic mass is 10.1. The highest BCUT2D eigenvalue weighted by molar-refractivity contribution is 5.87. The molecule has 0 spiro atoms. The van der Waals surface area contributed by atoms with Gasteiger partial charge in [-0.2, -0.15) is 0 Å². The summed E-state index contributed by atoms with van der Waals surface area (Å²) >= 11 is 0. The molecule has 0 saturated heterocycles. The molecule has 1 rings (SSSR count). The van der Waals surface area contributed by atoms with E-state index in [0.29, 0.717) is 6.04 Å². The highest BCUT2D eigenvalue weighted by atomic mass is 16.1. The minimum absolute atomic E-state index is 0.0260. The molecule has 1 fully saturated rings. The zero-order chi connectivity index (χ0) is 8.81. The first-order valence-corrected chi connectivity index (χ1v) is 4.76. The van der Waals surface area contributed by atoms with Crippen LogP contribution in [-0.2, 0) is 4.79 Å². The second-order valence-corrected chi connectivity index (χ2v) is 3.40. The van der Waals surface area contributed by atoms with Gasteiger partial charge in [0.2, 0.25) is 5.91 Å². The maximum Gasteiger partial charge on any atom is 0.243 e. The fourth-order valence-electron chi connectivity index (χ4n) is 1.68. The van der Waals surface area contributed by atoms with Gasteiger partial charge in [-0.3, -0.25) is 4.79 Å².